The molecule has 0 fully saturated rings. The van der Waals surface area contributed by atoms with Gasteiger partial charge in [0.25, 0.3) is 0 Å². The lowest BCUT2D eigenvalue weighted by Gasteiger charge is -2.25. The molecule has 0 amide bonds. The third-order valence-electron chi connectivity index (χ3n) is 6.30. The van der Waals surface area contributed by atoms with Gasteiger partial charge in [-0.05, 0) is 28.8 Å². The van der Waals surface area contributed by atoms with E-state index in [-0.39, 0.29) is 19.1 Å². The van der Waals surface area contributed by atoms with E-state index in [9.17, 15) is 0 Å². The highest BCUT2D eigenvalue weighted by atomic mass is 16.5. The first-order chi connectivity index (χ1) is 20.2. The van der Waals surface area contributed by atoms with Crippen LogP contribution in [0.4, 0.5) is 0 Å². The molecule has 4 heteroatoms. The topological polar surface area (TPSA) is 36.9 Å². The van der Waals surface area contributed by atoms with Gasteiger partial charge in [-0.25, -0.2) is 0 Å². The minimum atomic E-state index is -0.275. The van der Waals surface area contributed by atoms with E-state index >= 15 is 0 Å². The maximum Gasteiger partial charge on any atom is 0.148 e. The molecule has 0 spiro atoms. The summed E-state index contributed by atoms with van der Waals surface area (Å²) in [5.74, 6) is 7.31. The number of terminal acetylenes is 2. The van der Waals surface area contributed by atoms with Crippen LogP contribution < -0.4 is 18.9 Å². The van der Waals surface area contributed by atoms with Gasteiger partial charge in [0.1, 0.15) is 49.4 Å². The van der Waals surface area contributed by atoms with Gasteiger partial charge in [-0.1, -0.05) is 104 Å². The van der Waals surface area contributed by atoms with Gasteiger partial charge < -0.3 is 18.9 Å². The third-order valence-corrected chi connectivity index (χ3v) is 6.30. The monoisotopic (exact) mass is 540 g/mol. The number of hydrogen-bond donors (Lipinski definition) is 0. The fraction of sp³-hybridized carbons (Fsp3) is 0.135. The molecule has 0 N–H and O–H groups in total. The molecule has 1 atom stereocenters. The fourth-order valence-electron chi connectivity index (χ4n) is 4.51. The molecule has 4 nitrogen and oxygen atoms in total. The van der Waals surface area contributed by atoms with Crippen molar-refractivity contribution in [3.05, 3.63) is 133 Å². The summed E-state index contributed by atoms with van der Waals surface area (Å²) >= 11 is 0. The Morgan fingerprint density at radius 1 is 0.610 bits per heavy atom. The predicted molar refractivity (Wildman–Crippen MR) is 166 cm³/mol. The molecule has 0 heterocycles. The van der Waals surface area contributed by atoms with Crippen LogP contribution in [0.2, 0.25) is 0 Å². The van der Waals surface area contributed by atoms with Crippen LogP contribution in [0.5, 0.6) is 23.0 Å². The molecular weight excluding hydrogens is 508 g/mol. The van der Waals surface area contributed by atoms with Crippen molar-refractivity contribution in [1.29, 1.82) is 0 Å². The van der Waals surface area contributed by atoms with Gasteiger partial charge in [-0.3, -0.25) is 0 Å². The summed E-state index contributed by atoms with van der Waals surface area (Å²) in [5.41, 5.74) is 5.11. The van der Waals surface area contributed by atoms with Crippen molar-refractivity contribution in [2.24, 2.45) is 0 Å². The SMILES string of the molecule is C#CCOc1ccc(C(c2ccc(-c3ccccc3)cc2)c2ccc(OCC=C)cc2OCC=C)c(OCC#C)c1. The van der Waals surface area contributed by atoms with Gasteiger partial charge in [0.05, 0.1) is 0 Å². The van der Waals surface area contributed by atoms with Crippen molar-refractivity contribution < 1.29 is 18.9 Å². The zero-order chi connectivity index (χ0) is 28.9. The lowest BCUT2D eigenvalue weighted by Crippen LogP contribution is -2.10. The molecule has 0 saturated carbocycles. The van der Waals surface area contributed by atoms with Crippen LogP contribution in [-0.2, 0) is 0 Å². The van der Waals surface area contributed by atoms with E-state index in [0.29, 0.717) is 36.2 Å². The summed E-state index contributed by atoms with van der Waals surface area (Å²) < 4.78 is 23.7. The Kier molecular flexibility index (Phi) is 10.3. The summed E-state index contributed by atoms with van der Waals surface area (Å²) in [7, 11) is 0. The van der Waals surface area contributed by atoms with Crippen molar-refractivity contribution in [3.63, 3.8) is 0 Å². The minimum Gasteiger partial charge on any atom is -0.489 e. The number of ether oxygens (including phenoxy) is 4. The van der Waals surface area contributed by atoms with Crippen LogP contribution in [0.25, 0.3) is 11.1 Å². The van der Waals surface area contributed by atoms with E-state index in [4.69, 9.17) is 31.8 Å². The van der Waals surface area contributed by atoms with Gasteiger partial charge in [0.15, 0.2) is 0 Å². The van der Waals surface area contributed by atoms with Crippen LogP contribution >= 0.6 is 0 Å². The highest BCUT2D eigenvalue weighted by Crippen LogP contribution is 2.44. The van der Waals surface area contributed by atoms with E-state index in [0.717, 1.165) is 27.8 Å². The van der Waals surface area contributed by atoms with Crippen molar-refractivity contribution in [2.45, 2.75) is 5.92 Å². The van der Waals surface area contributed by atoms with Gasteiger partial charge in [0, 0.05) is 29.2 Å². The zero-order valence-corrected chi connectivity index (χ0v) is 22.9. The minimum absolute atomic E-state index is 0.0966. The average molecular weight is 541 g/mol. The molecule has 4 aromatic carbocycles. The summed E-state index contributed by atoms with van der Waals surface area (Å²) in [6.45, 7) is 8.52. The van der Waals surface area contributed by atoms with Crippen molar-refractivity contribution in [3.8, 4) is 58.8 Å². The van der Waals surface area contributed by atoms with Gasteiger partial charge in [-0.2, -0.15) is 0 Å². The summed E-state index contributed by atoms with van der Waals surface area (Å²) in [6, 6.07) is 30.3. The maximum atomic E-state index is 6.18. The first-order valence-corrected chi connectivity index (χ1v) is 13.2. The Morgan fingerprint density at radius 2 is 1.15 bits per heavy atom. The molecule has 204 valence electrons. The van der Waals surface area contributed by atoms with Crippen LogP contribution in [0, 0.1) is 24.7 Å². The number of benzene rings is 4. The summed E-state index contributed by atoms with van der Waals surface area (Å²) in [5, 5.41) is 0. The Bertz CT molecular complexity index is 1540. The molecule has 0 bridgehead atoms. The van der Waals surface area contributed by atoms with Crippen LogP contribution in [0.3, 0.4) is 0 Å². The first kappa shape index (κ1) is 28.7. The smallest absolute Gasteiger partial charge is 0.148 e. The molecule has 0 saturated heterocycles. The second kappa shape index (κ2) is 14.7. The highest BCUT2D eigenvalue weighted by Gasteiger charge is 2.25. The van der Waals surface area contributed by atoms with E-state index in [1.54, 1.807) is 12.2 Å². The van der Waals surface area contributed by atoms with Gasteiger partial charge in [-0.15, -0.1) is 12.8 Å². The average Bonchev–Trinajstić information content (AvgIpc) is 3.02. The number of hydrogen-bond acceptors (Lipinski definition) is 4. The lowest BCUT2D eigenvalue weighted by atomic mass is 9.83. The number of rotatable bonds is 14. The molecule has 1 unspecified atom stereocenters. The molecular formula is C37H32O4. The van der Waals surface area contributed by atoms with Crippen molar-refractivity contribution >= 4 is 0 Å². The standard InChI is InChI=1S/C37H32O4/c1-5-22-38-31-18-20-33(35(26-31)40-24-7-3)37(30-16-14-29(15-17-30)28-12-10-9-11-13-28)34-21-19-32(39-23-6-2)27-36(34)41-25-8-4/h1,3,6,8-21,26-27,37H,2,4,22-25H2. The van der Waals surface area contributed by atoms with E-state index in [1.807, 2.05) is 54.6 Å². The third kappa shape index (κ3) is 7.41. The van der Waals surface area contributed by atoms with Gasteiger partial charge in [0.2, 0.25) is 0 Å². The van der Waals surface area contributed by atoms with E-state index in [2.05, 4.69) is 61.4 Å². The summed E-state index contributed by atoms with van der Waals surface area (Å²) in [4.78, 5) is 0. The maximum absolute atomic E-state index is 6.18. The Balaban J connectivity index is 1.88. The molecule has 41 heavy (non-hydrogen) atoms. The van der Waals surface area contributed by atoms with Gasteiger partial charge >= 0.3 is 0 Å². The zero-order valence-electron chi connectivity index (χ0n) is 22.9. The molecule has 0 aromatic heterocycles. The Hall–Kier alpha value is -5.32. The van der Waals surface area contributed by atoms with Crippen molar-refractivity contribution in [1.82, 2.24) is 0 Å². The lowest BCUT2D eigenvalue weighted by molar-refractivity contribution is 0.340. The largest absolute Gasteiger partial charge is 0.489 e. The quantitative estimate of drug-likeness (QED) is 0.0934. The molecule has 0 aliphatic heterocycles. The van der Waals surface area contributed by atoms with Crippen molar-refractivity contribution in [2.75, 3.05) is 26.4 Å². The normalized spacial score (nSPS) is 10.9. The second-order valence-corrected chi connectivity index (χ2v) is 9.01. The Labute approximate surface area is 242 Å². The highest BCUT2D eigenvalue weighted by molar-refractivity contribution is 5.65. The Morgan fingerprint density at radius 3 is 1.76 bits per heavy atom. The molecule has 4 aromatic rings. The van der Waals surface area contributed by atoms with Crippen LogP contribution in [0.1, 0.15) is 22.6 Å². The predicted octanol–water partition coefficient (Wildman–Crippen LogP) is 7.69. The fourth-order valence-corrected chi connectivity index (χ4v) is 4.51. The van der Waals surface area contributed by atoms with Crippen LogP contribution in [-0.4, -0.2) is 26.4 Å². The van der Waals surface area contributed by atoms with E-state index in [1.165, 1.54) is 0 Å². The first-order valence-electron chi connectivity index (χ1n) is 13.2. The molecule has 0 aliphatic rings. The second-order valence-electron chi connectivity index (χ2n) is 9.01. The molecule has 0 radical (unpaired) electrons. The molecule has 4 rings (SSSR count). The van der Waals surface area contributed by atoms with E-state index < -0.39 is 0 Å². The molecule has 0 aliphatic carbocycles. The summed E-state index contributed by atoms with van der Waals surface area (Å²) in [6.07, 6.45) is 14.4. The van der Waals surface area contributed by atoms with Crippen LogP contribution in [0.15, 0.2) is 116 Å².